The minimum atomic E-state index is -4.42. The van der Waals surface area contributed by atoms with E-state index in [2.05, 4.69) is 4.98 Å². The Labute approximate surface area is 108 Å². The lowest BCUT2D eigenvalue weighted by Crippen LogP contribution is -2.22. The first-order valence-corrected chi connectivity index (χ1v) is 7.03. The number of fused-ring (bicyclic) bond motifs is 1. The van der Waals surface area contributed by atoms with Crippen molar-refractivity contribution < 1.29 is 13.0 Å². The topological polar surface area (TPSA) is 120 Å². The molecule has 19 heavy (non-hydrogen) atoms. The van der Waals surface area contributed by atoms with E-state index < -0.39 is 21.4 Å². The molecule has 2 aromatic rings. The lowest BCUT2D eigenvalue weighted by Gasteiger charge is -2.07. The van der Waals surface area contributed by atoms with E-state index in [1.807, 2.05) is 11.9 Å². The quantitative estimate of drug-likeness (QED) is 0.705. The first-order valence-electron chi connectivity index (χ1n) is 5.59. The molecule has 0 aliphatic rings. The number of aromatic amines is 2. The summed E-state index contributed by atoms with van der Waals surface area (Å²) in [6, 6.07) is 2.48. The van der Waals surface area contributed by atoms with Crippen molar-refractivity contribution in [3.05, 3.63) is 38.5 Å². The Kier molecular flexibility index (Phi) is 3.29. The molecule has 0 bridgehead atoms. The highest BCUT2D eigenvalue weighted by Gasteiger charge is 2.17. The summed E-state index contributed by atoms with van der Waals surface area (Å²) in [6.07, 6.45) is 1.06. The summed E-state index contributed by atoms with van der Waals surface area (Å²) in [4.78, 5) is 26.9. The number of aromatic nitrogens is 2. The van der Waals surface area contributed by atoms with Gasteiger partial charge >= 0.3 is 5.69 Å². The zero-order valence-corrected chi connectivity index (χ0v) is 10.9. The average Bonchev–Trinajstić information content (AvgIpc) is 2.26. The van der Waals surface area contributed by atoms with Crippen LogP contribution in [0.2, 0.25) is 0 Å². The lowest BCUT2D eigenvalue weighted by molar-refractivity contribution is 0.482. The largest absolute Gasteiger partial charge is 0.326 e. The van der Waals surface area contributed by atoms with Crippen LogP contribution in [0.3, 0.4) is 0 Å². The maximum absolute atomic E-state index is 11.6. The van der Waals surface area contributed by atoms with Gasteiger partial charge in [0.15, 0.2) is 0 Å². The first kappa shape index (κ1) is 13.5. The van der Waals surface area contributed by atoms with Crippen molar-refractivity contribution in [1.82, 2.24) is 9.97 Å². The van der Waals surface area contributed by atoms with Crippen LogP contribution in [-0.2, 0) is 16.5 Å². The molecular formula is C11H12N2O5S. The third-order valence-electron chi connectivity index (χ3n) is 2.72. The highest BCUT2D eigenvalue weighted by Crippen LogP contribution is 2.21. The maximum Gasteiger partial charge on any atom is 0.326 e. The number of rotatable bonds is 3. The number of aryl methyl sites for hydroxylation is 1. The van der Waals surface area contributed by atoms with Gasteiger partial charge < -0.3 is 4.98 Å². The SMILES string of the molecule is CCCc1cc2[nH]c(=O)[nH]c(=O)c2cc1S(=O)(=O)O. The molecule has 0 spiro atoms. The fourth-order valence-electron chi connectivity index (χ4n) is 1.94. The van der Waals surface area contributed by atoms with Gasteiger partial charge in [0.1, 0.15) is 0 Å². The minimum absolute atomic E-state index is 0.00655. The lowest BCUT2D eigenvalue weighted by atomic mass is 10.1. The Balaban J connectivity index is 2.92. The average molecular weight is 284 g/mol. The maximum atomic E-state index is 11.6. The van der Waals surface area contributed by atoms with E-state index in [0.29, 0.717) is 18.4 Å². The predicted octanol–water partition coefficient (Wildman–Crippen LogP) is 0.416. The minimum Gasteiger partial charge on any atom is -0.307 e. The van der Waals surface area contributed by atoms with E-state index in [1.165, 1.54) is 6.07 Å². The van der Waals surface area contributed by atoms with E-state index in [1.54, 1.807) is 0 Å². The molecular weight excluding hydrogens is 272 g/mol. The molecule has 3 N–H and O–H groups in total. The van der Waals surface area contributed by atoms with E-state index in [9.17, 15) is 22.6 Å². The first-order chi connectivity index (χ1) is 8.82. The Morgan fingerprint density at radius 2 is 1.89 bits per heavy atom. The second kappa shape index (κ2) is 4.63. The molecule has 0 saturated heterocycles. The van der Waals surface area contributed by atoms with Gasteiger partial charge in [-0.15, -0.1) is 0 Å². The van der Waals surface area contributed by atoms with Crippen LogP contribution in [0.25, 0.3) is 10.9 Å². The summed E-state index contributed by atoms with van der Waals surface area (Å²) in [5.74, 6) is 0. The molecule has 0 radical (unpaired) electrons. The second-order valence-corrected chi connectivity index (χ2v) is 5.53. The summed E-state index contributed by atoms with van der Waals surface area (Å²) in [7, 11) is -4.42. The van der Waals surface area contributed by atoms with Crippen LogP contribution in [0.1, 0.15) is 18.9 Å². The molecule has 8 heteroatoms. The highest BCUT2D eigenvalue weighted by atomic mass is 32.2. The number of nitrogens with one attached hydrogen (secondary N) is 2. The molecule has 0 unspecified atom stereocenters. The van der Waals surface area contributed by atoms with Crippen LogP contribution >= 0.6 is 0 Å². The molecule has 0 fully saturated rings. The molecule has 0 saturated carbocycles. The van der Waals surface area contributed by atoms with Crippen molar-refractivity contribution in [2.75, 3.05) is 0 Å². The molecule has 0 aliphatic carbocycles. The second-order valence-electron chi connectivity index (χ2n) is 4.14. The van der Waals surface area contributed by atoms with Gasteiger partial charge in [-0.3, -0.25) is 14.3 Å². The molecule has 1 aromatic carbocycles. The van der Waals surface area contributed by atoms with Gasteiger partial charge in [-0.05, 0) is 24.1 Å². The van der Waals surface area contributed by atoms with Gasteiger partial charge in [0.05, 0.1) is 15.8 Å². The zero-order chi connectivity index (χ0) is 14.2. The van der Waals surface area contributed by atoms with E-state index >= 15 is 0 Å². The monoisotopic (exact) mass is 284 g/mol. The molecule has 0 atom stereocenters. The Morgan fingerprint density at radius 3 is 2.47 bits per heavy atom. The normalized spacial score (nSPS) is 11.9. The molecule has 0 aliphatic heterocycles. The standard InChI is InChI=1S/C11H12N2O5S/c1-2-3-6-4-8-7(5-9(6)19(16,17)18)10(14)13-11(15)12-8/h4-5H,2-3H2,1H3,(H,16,17,18)(H2,12,13,14,15). The van der Waals surface area contributed by atoms with E-state index in [0.717, 1.165) is 6.07 Å². The molecule has 102 valence electrons. The Hall–Kier alpha value is -1.93. The number of H-pyrrole nitrogens is 2. The predicted molar refractivity (Wildman–Crippen MR) is 69.0 cm³/mol. The summed E-state index contributed by atoms with van der Waals surface area (Å²) < 4.78 is 31.8. The summed E-state index contributed by atoms with van der Waals surface area (Å²) >= 11 is 0. The fourth-order valence-corrected chi connectivity index (χ4v) is 2.70. The Morgan fingerprint density at radius 1 is 1.21 bits per heavy atom. The smallest absolute Gasteiger partial charge is 0.307 e. The molecule has 0 amide bonds. The van der Waals surface area contributed by atoms with Crippen LogP contribution in [-0.4, -0.2) is 22.9 Å². The number of hydrogen-bond donors (Lipinski definition) is 3. The number of benzene rings is 1. The third kappa shape index (κ3) is 2.59. The van der Waals surface area contributed by atoms with Crippen LogP contribution < -0.4 is 11.2 Å². The summed E-state index contributed by atoms with van der Waals surface area (Å²) in [5.41, 5.74) is -0.769. The van der Waals surface area contributed by atoms with Gasteiger partial charge in [0.25, 0.3) is 15.7 Å². The summed E-state index contributed by atoms with van der Waals surface area (Å²) in [5, 5.41) is 0.00655. The van der Waals surface area contributed by atoms with Crippen molar-refractivity contribution in [3.8, 4) is 0 Å². The van der Waals surface area contributed by atoms with E-state index in [4.69, 9.17) is 0 Å². The Bertz CT molecular complexity index is 847. The molecule has 7 nitrogen and oxygen atoms in total. The van der Waals surface area contributed by atoms with E-state index in [-0.39, 0.29) is 15.8 Å². The number of hydrogen-bond acceptors (Lipinski definition) is 4. The fraction of sp³-hybridized carbons (Fsp3) is 0.273. The van der Waals surface area contributed by atoms with Gasteiger partial charge in [-0.2, -0.15) is 8.42 Å². The molecule has 1 aromatic heterocycles. The molecule has 1 heterocycles. The summed E-state index contributed by atoms with van der Waals surface area (Å²) in [6.45, 7) is 1.85. The third-order valence-corrected chi connectivity index (χ3v) is 3.65. The van der Waals surface area contributed by atoms with Crippen LogP contribution in [0.4, 0.5) is 0 Å². The van der Waals surface area contributed by atoms with Gasteiger partial charge in [0, 0.05) is 0 Å². The van der Waals surface area contributed by atoms with Crippen molar-refractivity contribution >= 4 is 21.0 Å². The van der Waals surface area contributed by atoms with Gasteiger partial charge in [-0.1, -0.05) is 13.3 Å². The van der Waals surface area contributed by atoms with Crippen LogP contribution in [0.5, 0.6) is 0 Å². The van der Waals surface area contributed by atoms with Crippen molar-refractivity contribution in [1.29, 1.82) is 0 Å². The highest BCUT2D eigenvalue weighted by molar-refractivity contribution is 7.85. The zero-order valence-electron chi connectivity index (χ0n) is 10.1. The molecule has 2 rings (SSSR count). The van der Waals surface area contributed by atoms with Gasteiger partial charge in [0.2, 0.25) is 0 Å². The van der Waals surface area contributed by atoms with Crippen molar-refractivity contribution in [2.24, 2.45) is 0 Å². The van der Waals surface area contributed by atoms with Crippen LogP contribution in [0, 0.1) is 0 Å². The van der Waals surface area contributed by atoms with Crippen molar-refractivity contribution in [3.63, 3.8) is 0 Å². The van der Waals surface area contributed by atoms with Gasteiger partial charge in [-0.25, -0.2) is 4.79 Å². The van der Waals surface area contributed by atoms with Crippen molar-refractivity contribution in [2.45, 2.75) is 24.7 Å². The van der Waals surface area contributed by atoms with Crippen LogP contribution in [0.15, 0.2) is 26.6 Å².